The smallest absolute Gasteiger partial charge is 0.117 e. The molecule has 0 unspecified atom stereocenters. The molecule has 2 N–H and O–H groups in total. The minimum Gasteiger partial charge on any atom is -0.468 e. The Hall–Kier alpha value is -0.870. The predicted octanol–water partition coefficient (Wildman–Crippen LogP) is 2.56. The van der Waals surface area contributed by atoms with E-state index < -0.39 is 0 Å². The van der Waals surface area contributed by atoms with Crippen LogP contribution in [0.25, 0.3) is 0 Å². The van der Waals surface area contributed by atoms with E-state index in [0.29, 0.717) is 4.99 Å². The Morgan fingerprint density at radius 3 is 2.88 bits per heavy atom. The maximum absolute atomic E-state index is 5.45. The number of nitrogens with zero attached hydrogens (tertiary/aromatic N) is 1. The molecule has 0 fully saturated rings. The van der Waals surface area contributed by atoms with Crippen molar-refractivity contribution >= 4 is 17.2 Å². The van der Waals surface area contributed by atoms with Crippen molar-refractivity contribution in [3.8, 4) is 0 Å². The summed E-state index contributed by atoms with van der Waals surface area (Å²) in [5, 5.41) is 0. The van der Waals surface area contributed by atoms with Gasteiger partial charge in [-0.25, -0.2) is 0 Å². The molecule has 0 saturated heterocycles. The van der Waals surface area contributed by atoms with Crippen LogP contribution in [0.15, 0.2) is 22.8 Å². The molecule has 0 amide bonds. The Labute approximate surface area is 103 Å². The minimum absolute atomic E-state index is 0.620. The molecule has 90 valence electrons. The zero-order valence-electron chi connectivity index (χ0n) is 9.82. The molecule has 0 aliphatic heterocycles. The molecule has 1 heterocycles. The van der Waals surface area contributed by atoms with E-state index in [9.17, 15) is 0 Å². The van der Waals surface area contributed by atoms with Gasteiger partial charge in [0.15, 0.2) is 0 Å². The van der Waals surface area contributed by atoms with Crippen molar-refractivity contribution in [3.05, 3.63) is 24.2 Å². The van der Waals surface area contributed by atoms with Crippen molar-refractivity contribution in [1.29, 1.82) is 0 Å². The lowest BCUT2D eigenvalue weighted by molar-refractivity contribution is 0.251. The number of thiocarbonyl (C=S) groups is 1. The molecule has 16 heavy (non-hydrogen) atoms. The molecule has 1 aromatic rings. The lowest BCUT2D eigenvalue weighted by Crippen LogP contribution is -2.24. The van der Waals surface area contributed by atoms with Gasteiger partial charge in [0, 0.05) is 0 Å². The summed E-state index contributed by atoms with van der Waals surface area (Å²) in [6, 6.07) is 3.94. The van der Waals surface area contributed by atoms with E-state index in [1.54, 1.807) is 6.26 Å². The number of hydrogen-bond acceptors (Lipinski definition) is 3. The highest BCUT2D eigenvalue weighted by Gasteiger charge is 2.05. The van der Waals surface area contributed by atoms with Gasteiger partial charge in [-0.2, -0.15) is 0 Å². The maximum Gasteiger partial charge on any atom is 0.117 e. The zero-order valence-corrected chi connectivity index (χ0v) is 10.6. The van der Waals surface area contributed by atoms with Gasteiger partial charge < -0.3 is 10.2 Å². The third kappa shape index (κ3) is 5.28. The Morgan fingerprint density at radius 1 is 1.50 bits per heavy atom. The number of hydrogen-bond donors (Lipinski definition) is 1. The van der Waals surface area contributed by atoms with Gasteiger partial charge in [-0.05, 0) is 44.5 Å². The normalized spacial score (nSPS) is 10.9. The van der Waals surface area contributed by atoms with Crippen LogP contribution < -0.4 is 5.73 Å². The van der Waals surface area contributed by atoms with Gasteiger partial charge in [-0.1, -0.05) is 19.1 Å². The van der Waals surface area contributed by atoms with Gasteiger partial charge in [0.2, 0.25) is 0 Å². The fourth-order valence-corrected chi connectivity index (χ4v) is 1.75. The second-order valence-corrected chi connectivity index (χ2v) is 4.40. The first kappa shape index (κ1) is 13.2. The SMILES string of the molecule is CCN(CCCCC(N)=S)Cc1ccco1. The first-order chi connectivity index (χ1) is 7.72. The number of nitrogens with two attached hydrogens (primary N) is 1. The van der Waals surface area contributed by atoms with E-state index >= 15 is 0 Å². The number of rotatable bonds is 8. The van der Waals surface area contributed by atoms with Crippen LogP contribution in [0.4, 0.5) is 0 Å². The summed E-state index contributed by atoms with van der Waals surface area (Å²) in [5.74, 6) is 1.02. The molecule has 1 rings (SSSR count). The molecule has 0 saturated carbocycles. The quantitative estimate of drug-likeness (QED) is 0.560. The van der Waals surface area contributed by atoms with E-state index in [1.807, 2.05) is 12.1 Å². The second kappa shape index (κ2) is 7.41. The number of furan rings is 1. The summed E-state index contributed by atoms with van der Waals surface area (Å²) in [6.45, 7) is 5.15. The van der Waals surface area contributed by atoms with Gasteiger partial charge in [-0.15, -0.1) is 0 Å². The van der Waals surface area contributed by atoms with Gasteiger partial charge in [0.1, 0.15) is 5.76 Å². The molecule has 0 aromatic carbocycles. The van der Waals surface area contributed by atoms with Crippen LogP contribution in [0.5, 0.6) is 0 Å². The van der Waals surface area contributed by atoms with Crippen LogP contribution in [-0.4, -0.2) is 23.0 Å². The van der Waals surface area contributed by atoms with E-state index in [-0.39, 0.29) is 0 Å². The highest BCUT2D eigenvalue weighted by atomic mass is 32.1. The first-order valence-corrected chi connectivity index (χ1v) is 6.16. The molecule has 0 radical (unpaired) electrons. The predicted molar refractivity (Wildman–Crippen MR) is 70.3 cm³/mol. The van der Waals surface area contributed by atoms with Crippen molar-refractivity contribution in [2.45, 2.75) is 32.7 Å². The topological polar surface area (TPSA) is 42.4 Å². The Morgan fingerprint density at radius 2 is 2.31 bits per heavy atom. The molecule has 0 spiro atoms. The third-order valence-corrected chi connectivity index (χ3v) is 2.76. The van der Waals surface area contributed by atoms with Crippen molar-refractivity contribution in [3.63, 3.8) is 0 Å². The Balaban J connectivity index is 2.19. The van der Waals surface area contributed by atoms with Crippen LogP contribution in [-0.2, 0) is 6.54 Å². The average Bonchev–Trinajstić information content (AvgIpc) is 2.75. The second-order valence-electron chi connectivity index (χ2n) is 3.87. The summed E-state index contributed by atoms with van der Waals surface area (Å²) < 4.78 is 5.33. The fourth-order valence-electron chi connectivity index (χ4n) is 1.61. The summed E-state index contributed by atoms with van der Waals surface area (Å²) in [6.07, 6.45) is 4.78. The van der Waals surface area contributed by atoms with Crippen LogP contribution in [0, 0.1) is 0 Å². The molecular formula is C12H20N2OS. The van der Waals surface area contributed by atoms with E-state index in [1.165, 1.54) is 0 Å². The van der Waals surface area contributed by atoms with Crippen LogP contribution >= 0.6 is 12.2 Å². The molecule has 3 nitrogen and oxygen atoms in total. The summed E-state index contributed by atoms with van der Waals surface area (Å²) in [4.78, 5) is 2.98. The van der Waals surface area contributed by atoms with Crippen LogP contribution in [0.1, 0.15) is 31.9 Å². The van der Waals surface area contributed by atoms with Gasteiger partial charge in [-0.3, -0.25) is 4.90 Å². The van der Waals surface area contributed by atoms with Crippen LogP contribution in [0.2, 0.25) is 0 Å². The van der Waals surface area contributed by atoms with Crippen LogP contribution in [0.3, 0.4) is 0 Å². The van der Waals surface area contributed by atoms with E-state index in [4.69, 9.17) is 22.4 Å². The van der Waals surface area contributed by atoms with Gasteiger partial charge in [0.05, 0.1) is 17.8 Å². The molecular weight excluding hydrogens is 220 g/mol. The number of unbranched alkanes of at least 4 members (excludes halogenated alkanes) is 1. The molecule has 0 atom stereocenters. The molecule has 4 heteroatoms. The minimum atomic E-state index is 0.620. The summed E-state index contributed by atoms with van der Waals surface area (Å²) >= 11 is 4.85. The molecule has 0 aliphatic carbocycles. The largest absolute Gasteiger partial charge is 0.468 e. The monoisotopic (exact) mass is 240 g/mol. The molecule has 0 bridgehead atoms. The molecule has 1 aromatic heterocycles. The Kier molecular flexibility index (Phi) is 6.11. The van der Waals surface area contributed by atoms with Crippen molar-refractivity contribution in [1.82, 2.24) is 4.90 Å². The zero-order chi connectivity index (χ0) is 11.8. The van der Waals surface area contributed by atoms with Gasteiger partial charge >= 0.3 is 0 Å². The first-order valence-electron chi connectivity index (χ1n) is 5.75. The summed E-state index contributed by atoms with van der Waals surface area (Å²) in [7, 11) is 0. The third-order valence-electron chi connectivity index (χ3n) is 2.55. The molecule has 0 aliphatic rings. The lowest BCUT2D eigenvalue weighted by Gasteiger charge is -2.18. The fraction of sp³-hybridized carbons (Fsp3) is 0.583. The maximum atomic E-state index is 5.45. The standard InChI is InChI=1S/C12H20N2OS/c1-2-14(8-4-3-7-12(13)16)10-11-6-5-9-15-11/h5-6,9H,2-4,7-8,10H2,1H3,(H2,13,16). The van der Waals surface area contributed by atoms with Crippen molar-refractivity contribution < 1.29 is 4.42 Å². The van der Waals surface area contributed by atoms with Crippen molar-refractivity contribution in [2.24, 2.45) is 5.73 Å². The van der Waals surface area contributed by atoms with E-state index in [0.717, 1.165) is 44.7 Å². The average molecular weight is 240 g/mol. The van der Waals surface area contributed by atoms with E-state index in [2.05, 4.69) is 11.8 Å². The lowest BCUT2D eigenvalue weighted by atomic mass is 10.2. The van der Waals surface area contributed by atoms with Crippen molar-refractivity contribution in [2.75, 3.05) is 13.1 Å². The van der Waals surface area contributed by atoms with Gasteiger partial charge in [0.25, 0.3) is 0 Å². The Bertz CT molecular complexity index is 298. The highest BCUT2D eigenvalue weighted by molar-refractivity contribution is 7.80. The highest BCUT2D eigenvalue weighted by Crippen LogP contribution is 2.07. The summed E-state index contributed by atoms with van der Waals surface area (Å²) in [5.41, 5.74) is 5.45.